The molecule has 1 nitrogen and oxygen atoms in total. The van der Waals surface area contributed by atoms with Gasteiger partial charge in [0.1, 0.15) is 0 Å². The van der Waals surface area contributed by atoms with Gasteiger partial charge in [0.2, 0.25) is 0 Å². The first-order valence-corrected chi connectivity index (χ1v) is 4.96. The van der Waals surface area contributed by atoms with Gasteiger partial charge in [0.05, 0.1) is 6.10 Å². The Morgan fingerprint density at radius 2 is 2.38 bits per heavy atom. The molecule has 1 aliphatic carbocycles. The lowest BCUT2D eigenvalue weighted by Crippen LogP contribution is -2.31. The van der Waals surface area contributed by atoms with Gasteiger partial charge in [-0.3, -0.25) is 0 Å². The number of aliphatic hydroxyl groups excluding tert-OH is 1. The largest absolute Gasteiger partial charge is 0.392 e. The topological polar surface area (TPSA) is 20.2 Å². The summed E-state index contributed by atoms with van der Waals surface area (Å²) >= 11 is 0. The van der Waals surface area contributed by atoms with Crippen molar-refractivity contribution >= 4 is 0 Å². The van der Waals surface area contributed by atoms with E-state index in [9.17, 15) is 5.11 Å². The second-order valence-corrected chi connectivity index (χ2v) is 4.54. The molecule has 0 saturated heterocycles. The van der Waals surface area contributed by atoms with Crippen LogP contribution in [-0.2, 0) is 0 Å². The molecule has 2 unspecified atom stereocenters. The third kappa shape index (κ3) is 1.86. The first-order valence-electron chi connectivity index (χ1n) is 4.96. The van der Waals surface area contributed by atoms with Gasteiger partial charge in [-0.05, 0) is 31.1 Å². The molecule has 1 aliphatic rings. The normalized spacial score (nSPS) is 28.3. The first-order chi connectivity index (χ1) is 6.00. The van der Waals surface area contributed by atoms with Crippen molar-refractivity contribution in [3.8, 4) is 0 Å². The Bertz CT molecular complexity index is 225. The van der Waals surface area contributed by atoms with Crippen LogP contribution in [0.5, 0.6) is 0 Å². The Morgan fingerprint density at radius 1 is 1.77 bits per heavy atom. The van der Waals surface area contributed by atoms with E-state index in [4.69, 9.17) is 0 Å². The van der Waals surface area contributed by atoms with Crippen LogP contribution in [0.4, 0.5) is 0 Å². The molecule has 0 aromatic rings. The Balaban J connectivity index is 2.70. The maximum absolute atomic E-state index is 9.90. The van der Waals surface area contributed by atoms with Crippen molar-refractivity contribution in [1.82, 2.24) is 0 Å². The molecule has 0 aliphatic heterocycles. The van der Waals surface area contributed by atoms with E-state index in [2.05, 4.69) is 33.4 Å². The van der Waals surface area contributed by atoms with Gasteiger partial charge in [-0.25, -0.2) is 0 Å². The molecule has 13 heavy (non-hydrogen) atoms. The van der Waals surface area contributed by atoms with Crippen LogP contribution >= 0.6 is 0 Å². The quantitative estimate of drug-likeness (QED) is 0.662. The van der Waals surface area contributed by atoms with Crippen LogP contribution in [0.15, 0.2) is 24.3 Å². The van der Waals surface area contributed by atoms with E-state index in [1.807, 2.05) is 0 Å². The number of rotatable bonds is 3. The summed E-state index contributed by atoms with van der Waals surface area (Å²) < 4.78 is 0. The Labute approximate surface area is 81.2 Å². The van der Waals surface area contributed by atoms with Crippen LogP contribution in [-0.4, -0.2) is 11.2 Å². The van der Waals surface area contributed by atoms with Crippen molar-refractivity contribution < 1.29 is 5.11 Å². The van der Waals surface area contributed by atoms with Crippen molar-refractivity contribution in [1.29, 1.82) is 0 Å². The van der Waals surface area contributed by atoms with E-state index in [0.29, 0.717) is 12.3 Å². The fourth-order valence-electron chi connectivity index (χ4n) is 2.13. The molecule has 0 amide bonds. The average Bonchev–Trinajstić information content (AvgIpc) is 2.28. The summed E-state index contributed by atoms with van der Waals surface area (Å²) in [5.41, 5.74) is 1.56. The number of aliphatic hydroxyl groups is 1. The van der Waals surface area contributed by atoms with Gasteiger partial charge >= 0.3 is 0 Å². The minimum absolute atomic E-state index is 0.155. The van der Waals surface area contributed by atoms with Crippen LogP contribution < -0.4 is 0 Å². The zero-order valence-corrected chi connectivity index (χ0v) is 8.88. The summed E-state index contributed by atoms with van der Waals surface area (Å²) in [5, 5.41) is 9.90. The molecule has 0 saturated carbocycles. The summed E-state index contributed by atoms with van der Waals surface area (Å²) in [7, 11) is 0. The van der Waals surface area contributed by atoms with Crippen LogP contribution in [0.1, 0.15) is 33.6 Å². The van der Waals surface area contributed by atoms with Crippen LogP contribution in [0, 0.1) is 11.3 Å². The highest BCUT2D eigenvalue weighted by atomic mass is 16.3. The van der Waals surface area contributed by atoms with Crippen molar-refractivity contribution in [2.45, 2.75) is 39.7 Å². The molecule has 1 N–H and O–H groups in total. The van der Waals surface area contributed by atoms with E-state index >= 15 is 0 Å². The maximum atomic E-state index is 9.90. The molecule has 0 aromatic heterocycles. The summed E-state index contributed by atoms with van der Waals surface area (Å²) in [5.74, 6) is 0.366. The number of hydrogen-bond acceptors (Lipinski definition) is 1. The zero-order chi connectivity index (χ0) is 10.1. The molecule has 0 bridgehead atoms. The molecule has 0 fully saturated rings. The van der Waals surface area contributed by atoms with E-state index in [1.165, 1.54) is 5.57 Å². The van der Waals surface area contributed by atoms with Gasteiger partial charge in [0, 0.05) is 0 Å². The van der Waals surface area contributed by atoms with Crippen LogP contribution in [0.25, 0.3) is 0 Å². The summed E-state index contributed by atoms with van der Waals surface area (Å²) in [4.78, 5) is 0. The predicted molar refractivity (Wildman–Crippen MR) is 56.5 cm³/mol. The van der Waals surface area contributed by atoms with Crippen molar-refractivity contribution in [2.24, 2.45) is 11.3 Å². The molecule has 2 atom stereocenters. The van der Waals surface area contributed by atoms with E-state index in [1.54, 1.807) is 6.08 Å². The molecule has 0 heterocycles. The highest BCUT2D eigenvalue weighted by Gasteiger charge is 2.38. The van der Waals surface area contributed by atoms with Crippen molar-refractivity contribution in [2.75, 3.05) is 0 Å². The number of hydrogen-bond donors (Lipinski definition) is 1. The third-order valence-electron chi connectivity index (χ3n) is 3.49. The van der Waals surface area contributed by atoms with Gasteiger partial charge in [0.25, 0.3) is 0 Å². The lowest BCUT2D eigenvalue weighted by molar-refractivity contribution is 0.0634. The lowest BCUT2D eigenvalue weighted by Gasteiger charge is -2.32. The molecule has 74 valence electrons. The Morgan fingerprint density at radius 3 is 2.77 bits per heavy atom. The van der Waals surface area contributed by atoms with Gasteiger partial charge in [-0.2, -0.15) is 0 Å². The van der Waals surface area contributed by atoms with Gasteiger partial charge < -0.3 is 5.11 Å². The second kappa shape index (κ2) is 3.67. The molecule has 0 radical (unpaired) electrons. The summed E-state index contributed by atoms with van der Waals surface area (Å²) in [6.07, 6.45) is 5.52. The second-order valence-electron chi connectivity index (χ2n) is 4.54. The van der Waals surface area contributed by atoms with Gasteiger partial charge in [-0.1, -0.05) is 31.6 Å². The predicted octanol–water partition coefficient (Wildman–Crippen LogP) is 2.92. The molecule has 1 heteroatoms. The van der Waals surface area contributed by atoms with Crippen LogP contribution in [0.3, 0.4) is 0 Å². The van der Waals surface area contributed by atoms with Crippen LogP contribution in [0.2, 0.25) is 0 Å². The van der Waals surface area contributed by atoms with Gasteiger partial charge in [0.15, 0.2) is 0 Å². The zero-order valence-electron chi connectivity index (χ0n) is 8.88. The van der Waals surface area contributed by atoms with Gasteiger partial charge in [-0.15, -0.1) is 6.58 Å². The first kappa shape index (κ1) is 10.5. The van der Waals surface area contributed by atoms with E-state index in [-0.39, 0.29) is 11.5 Å². The number of allylic oxidation sites excluding steroid dienone is 2. The van der Waals surface area contributed by atoms with E-state index in [0.717, 1.165) is 6.42 Å². The van der Waals surface area contributed by atoms with E-state index < -0.39 is 0 Å². The average molecular weight is 180 g/mol. The smallest absolute Gasteiger partial charge is 0.0613 e. The maximum Gasteiger partial charge on any atom is 0.0613 e. The third-order valence-corrected chi connectivity index (χ3v) is 3.49. The molecule has 1 rings (SSSR count). The van der Waals surface area contributed by atoms with Crippen molar-refractivity contribution in [3.63, 3.8) is 0 Å². The summed E-state index contributed by atoms with van der Waals surface area (Å²) in [6.45, 7) is 10.2. The molecule has 0 aromatic carbocycles. The Kier molecular flexibility index (Phi) is 2.97. The lowest BCUT2D eigenvalue weighted by atomic mass is 9.74. The summed E-state index contributed by atoms with van der Waals surface area (Å²) in [6, 6.07) is 0. The SMILES string of the molecule is C=CCC(O)C1CC=C(C)C1(C)C. The Hall–Kier alpha value is -0.560. The monoisotopic (exact) mass is 180 g/mol. The highest BCUT2D eigenvalue weighted by molar-refractivity contribution is 5.19. The minimum atomic E-state index is -0.235. The minimum Gasteiger partial charge on any atom is -0.392 e. The fraction of sp³-hybridized carbons (Fsp3) is 0.667. The molecular formula is C12H20O. The molecular weight excluding hydrogens is 160 g/mol. The standard InChI is InChI=1S/C12H20O/c1-5-6-11(13)10-8-7-9(2)12(10,3)4/h5,7,10-11,13H,1,6,8H2,2-4H3. The molecule has 0 spiro atoms. The highest BCUT2D eigenvalue weighted by Crippen LogP contribution is 2.45. The van der Waals surface area contributed by atoms with Crippen molar-refractivity contribution in [3.05, 3.63) is 24.3 Å². The fourth-order valence-corrected chi connectivity index (χ4v) is 2.13.